The van der Waals surface area contributed by atoms with Crippen LogP contribution in [0.4, 0.5) is 5.82 Å². The molecule has 102 valence electrons. The SMILES string of the molecule is CCCN(CC1CCCCN1)c1nnccc1C#N. The van der Waals surface area contributed by atoms with Gasteiger partial charge in [0, 0.05) is 19.1 Å². The molecule has 0 spiro atoms. The molecule has 1 saturated heterocycles. The molecule has 1 aliphatic rings. The number of hydrogen-bond donors (Lipinski definition) is 1. The van der Waals surface area contributed by atoms with Crippen LogP contribution in [0.25, 0.3) is 0 Å². The fourth-order valence-corrected chi connectivity index (χ4v) is 2.54. The number of aromatic nitrogens is 2. The van der Waals surface area contributed by atoms with Gasteiger partial charge in [-0.05, 0) is 31.9 Å². The lowest BCUT2D eigenvalue weighted by Crippen LogP contribution is -2.44. The number of anilines is 1. The van der Waals surface area contributed by atoms with Crippen molar-refractivity contribution < 1.29 is 0 Å². The van der Waals surface area contributed by atoms with Crippen LogP contribution in [-0.2, 0) is 0 Å². The summed E-state index contributed by atoms with van der Waals surface area (Å²) in [5, 5.41) is 20.8. The molecule has 0 saturated carbocycles. The van der Waals surface area contributed by atoms with Crippen LogP contribution >= 0.6 is 0 Å². The van der Waals surface area contributed by atoms with Gasteiger partial charge in [0.15, 0.2) is 5.82 Å². The van der Waals surface area contributed by atoms with Crippen LogP contribution in [0.5, 0.6) is 0 Å². The zero-order valence-corrected chi connectivity index (χ0v) is 11.5. The maximum atomic E-state index is 9.18. The topological polar surface area (TPSA) is 64.8 Å². The molecule has 0 bridgehead atoms. The summed E-state index contributed by atoms with van der Waals surface area (Å²) < 4.78 is 0. The summed E-state index contributed by atoms with van der Waals surface area (Å²) in [5.41, 5.74) is 0.610. The third kappa shape index (κ3) is 3.65. The Kier molecular flexibility index (Phi) is 5.10. The van der Waals surface area contributed by atoms with Crippen LogP contribution in [0, 0.1) is 11.3 Å². The van der Waals surface area contributed by atoms with Crippen molar-refractivity contribution in [3.8, 4) is 6.07 Å². The summed E-state index contributed by atoms with van der Waals surface area (Å²) in [5.74, 6) is 0.722. The first kappa shape index (κ1) is 13.8. The van der Waals surface area contributed by atoms with E-state index in [0.717, 1.165) is 31.9 Å². The minimum absolute atomic E-state index is 0.494. The summed E-state index contributed by atoms with van der Waals surface area (Å²) in [7, 11) is 0. The molecule has 1 aromatic heterocycles. The number of rotatable bonds is 5. The third-order valence-corrected chi connectivity index (χ3v) is 3.47. The maximum Gasteiger partial charge on any atom is 0.169 e. The second-order valence-electron chi connectivity index (χ2n) is 4.97. The van der Waals surface area contributed by atoms with Gasteiger partial charge in [0.1, 0.15) is 6.07 Å². The molecule has 1 atom stereocenters. The summed E-state index contributed by atoms with van der Waals surface area (Å²) in [6, 6.07) is 4.44. The molecule has 2 heterocycles. The predicted octanol–water partition coefficient (Wildman–Crippen LogP) is 1.71. The number of hydrogen-bond acceptors (Lipinski definition) is 5. The van der Waals surface area contributed by atoms with Crippen LogP contribution in [0.1, 0.15) is 38.2 Å². The number of piperidine rings is 1. The molecule has 0 amide bonds. The van der Waals surface area contributed by atoms with Crippen molar-refractivity contribution in [3.05, 3.63) is 17.8 Å². The van der Waals surface area contributed by atoms with Gasteiger partial charge in [0.05, 0.1) is 11.8 Å². The lowest BCUT2D eigenvalue weighted by atomic mass is 10.0. The minimum atomic E-state index is 0.494. The van der Waals surface area contributed by atoms with Crippen molar-refractivity contribution in [2.45, 2.75) is 38.6 Å². The van der Waals surface area contributed by atoms with Gasteiger partial charge in [-0.1, -0.05) is 13.3 Å². The van der Waals surface area contributed by atoms with Gasteiger partial charge in [-0.3, -0.25) is 0 Å². The van der Waals surface area contributed by atoms with Gasteiger partial charge in [-0.2, -0.15) is 10.4 Å². The number of nitriles is 1. The highest BCUT2D eigenvalue weighted by molar-refractivity contribution is 5.52. The molecule has 1 aliphatic heterocycles. The Balaban J connectivity index is 2.12. The summed E-state index contributed by atoms with van der Waals surface area (Å²) in [6.45, 7) is 5.05. The van der Waals surface area contributed by atoms with E-state index in [1.807, 2.05) is 0 Å². The summed E-state index contributed by atoms with van der Waals surface area (Å²) >= 11 is 0. The molecule has 1 aromatic rings. The monoisotopic (exact) mass is 259 g/mol. The molecule has 0 aromatic carbocycles. The average molecular weight is 259 g/mol. The molecule has 5 heteroatoms. The molecule has 1 N–H and O–H groups in total. The highest BCUT2D eigenvalue weighted by atomic mass is 15.3. The Labute approximate surface area is 114 Å². The quantitative estimate of drug-likeness (QED) is 0.872. The highest BCUT2D eigenvalue weighted by Gasteiger charge is 2.19. The van der Waals surface area contributed by atoms with E-state index in [1.54, 1.807) is 12.3 Å². The highest BCUT2D eigenvalue weighted by Crippen LogP contribution is 2.18. The van der Waals surface area contributed by atoms with E-state index >= 15 is 0 Å². The maximum absolute atomic E-state index is 9.18. The van der Waals surface area contributed by atoms with Gasteiger partial charge in [-0.25, -0.2) is 0 Å². The fourth-order valence-electron chi connectivity index (χ4n) is 2.54. The molecule has 1 unspecified atom stereocenters. The Morgan fingerprint density at radius 3 is 3.11 bits per heavy atom. The lowest BCUT2D eigenvalue weighted by Gasteiger charge is -2.31. The Bertz CT molecular complexity index is 434. The van der Waals surface area contributed by atoms with E-state index in [2.05, 4.69) is 33.4 Å². The van der Waals surface area contributed by atoms with Crippen LogP contribution in [-0.4, -0.2) is 35.9 Å². The van der Waals surface area contributed by atoms with Crippen molar-refractivity contribution in [1.82, 2.24) is 15.5 Å². The summed E-state index contributed by atoms with van der Waals surface area (Å²) in [4.78, 5) is 2.19. The van der Waals surface area contributed by atoms with Gasteiger partial charge >= 0.3 is 0 Å². The van der Waals surface area contributed by atoms with E-state index in [0.29, 0.717) is 11.6 Å². The van der Waals surface area contributed by atoms with Crippen molar-refractivity contribution >= 4 is 5.82 Å². The zero-order valence-electron chi connectivity index (χ0n) is 11.5. The fraction of sp³-hybridized carbons (Fsp3) is 0.643. The van der Waals surface area contributed by atoms with Crippen molar-refractivity contribution in [2.24, 2.45) is 0 Å². The molecular weight excluding hydrogens is 238 g/mol. The average Bonchev–Trinajstić information content (AvgIpc) is 2.48. The zero-order chi connectivity index (χ0) is 13.5. The molecule has 1 fully saturated rings. The van der Waals surface area contributed by atoms with E-state index in [-0.39, 0.29) is 0 Å². The van der Waals surface area contributed by atoms with Crippen LogP contribution in [0.3, 0.4) is 0 Å². The van der Waals surface area contributed by atoms with Crippen molar-refractivity contribution in [2.75, 3.05) is 24.5 Å². The number of nitrogens with one attached hydrogen (secondary N) is 1. The molecule has 5 nitrogen and oxygen atoms in total. The van der Waals surface area contributed by atoms with E-state index in [1.165, 1.54) is 19.3 Å². The molecule has 0 radical (unpaired) electrons. The molecular formula is C14H21N5. The first-order chi connectivity index (χ1) is 9.35. The Morgan fingerprint density at radius 2 is 2.42 bits per heavy atom. The normalized spacial score (nSPS) is 18.8. The Hall–Kier alpha value is -1.67. The van der Waals surface area contributed by atoms with Crippen molar-refractivity contribution in [3.63, 3.8) is 0 Å². The lowest BCUT2D eigenvalue weighted by molar-refractivity contribution is 0.398. The van der Waals surface area contributed by atoms with E-state index in [4.69, 9.17) is 0 Å². The van der Waals surface area contributed by atoms with Gasteiger partial charge < -0.3 is 10.2 Å². The second-order valence-corrected chi connectivity index (χ2v) is 4.97. The van der Waals surface area contributed by atoms with Crippen molar-refractivity contribution in [1.29, 1.82) is 5.26 Å². The first-order valence-electron chi connectivity index (χ1n) is 7.05. The van der Waals surface area contributed by atoms with Crippen LogP contribution in [0.15, 0.2) is 12.3 Å². The minimum Gasteiger partial charge on any atom is -0.352 e. The van der Waals surface area contributed by atoms with E-state index < -0.39 is 0 Å². The summed E-state index contributed by atoms with van der Waals surface area (Å²) in [6.07, 6.45) is 6.35. The predicted molar refractivity (Wildman–Crippen MR) is 74.9 cm³/mol. The van der Waals surface area contributed by atoms with Gasteiger partial charge in [0.25, 0.3) is 0 Å². The molecule has 19 heavy (non-hydrogen) atoms. The van der Waals surface area contributed by atoms with Crippen LogP contribution in [0.2, 0.25) is 0 Å². The standard InChI is InChI=1S/C14H21N5/c1-2-9-19(11-13-5-3-4-7-16-13)14-12(10-15)6-8-17-18-14/h6,8,13,16H,2-5,7,9,11H2,1H3. The number of nitrogens with zero attached hydrogens (tertiary/aromatic N) is 4. The van der Waals surface area contributed by atoms with E-state index in [9.17, 15) is 5.26 Å². The second kappa shape index (κ2) is 7.05. The van der Waals surface area contributed by atoms with Gasteiger partial charge in [-0.15, -0.1) is 5.10 Å². The Morgan fingerprint density at radius 1 is 1.53 bits per heavy atom. The van der Waals surface area contributed by atoms with Gasteiger partial charge in [0.2, 0.25) is 0 Å². The third-order valence-electron chi connectivity index (χ3n) is 3.47. The molecule has 0 aliphatic carbocycles. The molecule has 2 rings (SSSR count). The smallest absolute Gasteiger partial charge is 0.169 e. The van der Waals surface area contributed by atoms with Crippen LogP contribution < -0.4 is 10.2 Å². The first-order valence-corrected chi connectivity index (χ1v) is 7.05. The largest absolute Gasteiger partial charge is 0.352 e.